The van der Waals surface area contributed by atoms with Crippen LogP contribution in [0, 0.1) is 6.92 Å². The number of hydrogen-bond acceptors (Lipinski definition) is 8. The van der Waals surface area contributed by atoms with E-state index in [2.05, 4.69) is 20.1 Å². The van der Waals surface area contributed by atoms with Crippen LogP contribution >= 0.6 is 0 Å². The Morgan fingerprint density at radius 1 is 1.17 bits per heavy atom. The van der Waals surface area contributed by atoms with Crippen LogP contribution in [0.25, 0.3) is 22.8 Å². The molecule has 0 unspecified atom stereocenters. The Labute approximate surface area is 137 Å². The lowest BCUT2D eigenvalue weighted by Crippen LogP contribution is -2.11. The number of benzene rings is 1. The summed E-state index contributed by atoms with van der Waals surface area (Å²) >= 11 is 0. The van der Waals surface area contributed by atoms with Crippen molar-refractivity contribution in [3.05, 3.63) is 36.2 Å². The zero-order valence-corrected chi connectivity index (χ0v) is 13.6. The Morgan fingerprint density at radius 3 is 2.46 bits per heavy atom. The van der Waals surface area contributed by atoms with Crippen molar-refractivity contribution >= 4 is 10.0 Å². The van der Waals surface area contributed by atoms with Gasteiger partial charge in [0.2, 0.25) is 15.8 Å². The van der Waals surface area contributed by atoms with Gasteiger partial charge in [-0.15, -0.1) is 0 Å². The maximum absolute atomic E-state index is 11.3. The van der Waals surface area contributed by atoms with Crippen LogP contribution in [0.2, 0.25) is 0 Å². The summed E-state index contributed by atoms with van der Waals surface area (Å²) in [6.07, 6.45) is 1.53. The number of methoxy groups -OCH3 is 1. The molecule has 0 bridgehead atoms. The molecule has 3 aromatic rings. The van der Waals surface area contributed by atoms with E-state index in [4.69, 9.17) is 14.4 Å². The molecule has 124 valence electrons. The highest BCUT2D eigenvalue weighted by Crippen LogP contribution is 2.25. The molecule has 10 heteroatoms. The third kappa shape index (κ3) is 3.09. The minimum atomic E-state index is -3.74. The summed E-state index contributed by atoms with van der Waals surface area (Å²) in [6, 6.07) is 6.09. The van der Waals surface area contributed by atoms with Gasteiger partial charge in [-0.25, -0.2) is 18.5 Å². The van der Waals surface area contributed by atoms with E-state index in [0.717, 1.165) is 0 Å². The van der Waals surface area contributed by atoms with Crippen molar-refractivity contribution in [1.82, 2.24) is 20.1 Å². The Hall–Kier alpha value is -2.85. The van der Waals surface area contributed by atoms with E-state index in [0.29, 0.717) is 22.6 Å². The number of nitrogens with two attached hydrogens (primary N) is 1. The van der Waals surface area contributed by atoms with Crippen molar-refractivity contribution in [2.45, 2.75) is 11.8 Å². The van der Waals surface area contributed by atoms with Gasteiger partial charge >= 0.3 is 6.01 Å². The van der Waals surface area contributed by atoms with Crippen LogP contribution in [0.3, 0.4) is 0 Å². The maximum Gasteiger partial charge on any atom is 0.316 e. The Morgan fingerprint density at radius 2 is 1.88 bits per heavy atom. The number of nitrogens with zero attached hydrogens (tertiary/aromatic N) is 4. The fourth-order valence-electron chi connectivity index (χ4n) is 2.00. The Balaban J connectivity index is 1.93. The largest absolute Gasteiger partial charge is 0.467 e. The van der Waals surface area contributed by atoms with Crippen molar-refractivity contribution < 1.29 is 17.7 Å². The summed E-state index contributed by atoms with van der Waals surface area (Å²) in [5.41, 5.74) is 1.79. The number of ether oxygens (including phenoxy) is 1. The first-order valence-electron chi connectivity index (χ1n) is 6.73. The van der Waals surface area contributed by atoms with Gasteiger partial charge in [0.1, 0.15) is 0 Å². The van der Waals surface area contributed by atoms with E-state index in [1.165, 1.54) is 25.4 Å². The summed E-state index contributed by atoms with van der Waals surface area (Å²) in [5.74, 6) is 0.557. The number of primary sulfonamides is 1. The highest BCUT2D eigenvalue weighted by Gasteiger charge is 2.15. The lowest BCUT2D eigenvalue weighted by molar-refractivity contribution is 0.378. The standard InChI is InChI=1S/C14H13N5O4S/c1-8-11(7-16-14(17-8)22-2)13-18-12(19-23-13)9-3-5-10(6-4-9)24(15,20)21/h3-7H,1-2H3,(H2,15,20,21). The van der Waals surface area contributed by atoms with E-state index in [1.807, 2.05) is 0 Å². The molecule has 2 N–H and O–H groups in total. The molecule has 1 aromatic carbocycles. The Kier molecular flexibility index (Phi) is 3.99. The second-order valence-corrected chi connectivity index (χ2v) is 6.41. The number of hydrogen-bond donors (Lipinski definition) is 1. The highest BCUT2D eigenvalue weighted by atomic mass is 32.2. The van der Waals surface area contributed by atoms with Crippen LogP contribution in [0.4, 0.5) is 0 Å². The quantitative estimate of drug-likeness (QED) is 0.743. The zero-order chi connectivity index (χ0) is 17.3. The third-order valence-corrected chi connectivity index (χ3v) is 4.17. The lowest BCUT2D eigenvalue weighted by atomic mass is 10.2. The molecule has 0 aliphatic heterocycles. The van der Waals surface area contributed by atoms with E-state index >= 15 is 0 Å². The van der Waals surface area contributed by atoms with Gasteiger partial charge in [-0.1, -0.05) is 5.16 Å². The first kappa shape index (κ1) is 16.0. The van der Waals surface area contributed by atoms with Crippen molar-refractivity contribution in [3.63, 3.8) is 0 Å². The average Bonchev–Trinajstić information content (AvgIpc) is 3.03. The molecular weight excluding hydrogens is 334 g/mol. The minimum absolute atomic E-state index is 0.00867. The third-order valence-electron chi connectivity index (χ3n) is 3.24. The molecule has 2 aromatic heterocycles. The molecule has 3 rings (SSSR count). The van der Waals surface area contributed by atoms with E-state index in [1.54, 1.807) is 19.1 Å². The van der Waals surface area contributed by atoms with Gasteiger partial charge in [-0.05, 0) is 31.2 Å². The van der Waals surface area contributed by atoms with Gasteiger partial charge < -0.3 is 9.26 Å². The van der Waals surface area contributed by atoms with E-state index in [9.17, 15) is 8.42 Å². The molecule has 24 heavy (non-hydrogen) atoms. The maximum atomic E-state index is 11.3. The van der Waals surface area contributed by atoms with Crippen LogP contribution in [0.15, 0.2) is 39.9 Å². The summed E-state index contributed by atoms with van der Waals surface area (Å²) in [6.45, 7) is 1.77. The normalized spacial score (nSPS) is 11.5. The van der Waals surface area contributed by atoms with E-state index in [-0.39, 0.29) is 16.8 Å². The van der Waals surface area contributed by atoms with Crippen LogP contribution in [0.5, 0.6) is 6.01 Å². The van der Waals surface area contributed by atoms with Gasteiger partial charge in [0.25, 0.3) is 5.89 Å². The lowest BCUT2D eigenvalue weighted by Gasteiger charge is -2.01. The summed E-state index contributed by atoms with van der Waals surface area (Å²) in [7, 11) is -2.27. The van der Waals surface area contributed by atoms with Crippen molar-refractivity contribution in [3.8, 4) is 28.9 Å². The van der Waals surface area contributed by atoms with Gasteiger partial charge in [-0.2, -0.15) is 9.97 Å². The molecule has 0 spiro atoms. The first-order valence-corrected chi connectivity index (χ1v) is 8.28. The van der Waals surface area contributed by atoms with Gasteiger partial charge in [0, 0.05) is 11.8 Å². The van der Waals surface area contributed by atoms with Gasteiger partial charge in [0.05, 0.1) is 23.3 Å². The molecule has 0 aliphatic carbocycles. The smallest absolute Gasteiger partial charge is 0.316 e. The van der Waals surface area contributed by atoms with Crippen molar-refractivity contribution in [2.24, 2.45) is 5.14 Å². The van der Waals surface area contributed by atoms with E-state index < -0.39 is 10.0 Å². The first-order chi connectivity index (χ1) is 11.4. The predicted molar refractivity (Wildman–Crippen MR) is 83.4 cm³/mol. The molecule has 0 saturated carbocycles. The molecule has 0 saturated heterocycles. The topological polar surface area (TPSA) is 134 Å². The summed E-state index contributed by atoms with van der Waals surface area (Å²) < 4.78 is 32.7. The summed E-state index contributed by atoms with van der Waals surface area (Å²) in [4.78, 5) is 12.4. The highest BCUT2D eigenvalue weighted by molar-refractivity contribution is 7.89. The van der Waals surface area contributed by atoms with Crippen LogP contribution in [-0.4, -0.2) is 35.6 Å². The molecule has 0 fully saturated rings. The van der Waals surface area contributed by atoms with Gasteiger partial charge in [-0.3, -0.25) is 0 Å². The second-order valence-electron chi connectivity index (χ2n) is 4.85. The molecule has 9 nitrogen and oxygen atoms in total. The predicted octanol–water partition coefficient (Wildman–Crippen LogP) is 1.16. The minimum Gasteiger partial charge on any atom is -0.467 e. The fourth-order valence-corrected chi connectivity index (χ4v) is 2.51. The average molecular weight is 347 g/mol. The molecular formula is C14H13N5O4S. The number of rotatable bonds is 4. The zero-order valence-electron chi connectivity index (χ0n) is 12.8. The van der Waals surface area contributed by atoms with Crippen LogP contribution in [0.1, 0.15) is 5.69 Å². The molecule has 0 radical (unpaired) electrons. The second kappa shape index (κ2) is 5.98. The molecule has 0 atom stereocenters. The molecule has 0 amide bonds. The SMILES string of the molecule is COc1ncc(-c2nc(-c3ccc(S(N)(=O)=O)cc3)no2)c(C)n1. The number of aromatic nitrogens is 4. The van der Waals surface area contributed by atoms with Crippen molar-refractivity contribution in [1.29, 1.82) is 0 Å². The fraction of sp³-hybridized carbons (Fsp3) is 0.143. The Bertz CT molecular complexity index is 983. The summed E-state index contributed by atoms with van der Waals surface area (Å²) in [5, 5.41) is 8.95. The van der Waals surface area contributed by atoms with Crippen molar-refractivity contribution in [2.75, 3.05) is 7.11 Å². The molecule has 2 heterocycles. The molecule has 0 aliphatic rings. The van der Waals surface area contributed by atoms with Gasteiger partial charge in [0.15, 0.2) is 0 Å². The van der Waals surface area contributed by atoms with Crippen LogP contribution < -0.4 is 9.88 Å². The number of sulfonamides is 1. The number of aryl methyl sites for hydroxylation is 1. The van der Waals surface area contributed by atoms with Crippen LogP contribution in [-0.2, 0) is 10.0 Å². The monoisotopic (exact) mass is 347 g/mol.